The maximum atomic E-state index is 8.61. The molecule has 0 spiro atoms. The van der Waals surface area contributed by atoms with E-state index in [1.165, 1.54) is 0 Å². The Balaban J connectivity index is 2.37. The lowest BCUT2D eigenvalue weighted by Gasteiger charge is -2.29. The molecular formula is C9H14N6. The fraction of sp³-hybridized carbons (Fsp3) is 1.00. The summed E-state index contributed by atoms with van der Waals surface area (Å²) in [5.74, 6) is 0.889. The highest BCUT2D eigenvalue weighted by Crippen LogP contribution is 2.71. The van der Waals surface area contributed by atoms with Crippen LogP contribution in [0.4, 0.5) is 0 Å². The Hall–Kier alpha value is -1.38. The first-order valence-electron chi connectivity index (χ1n) is 5.09. The van der Waals surface area contributed by atoms with Gasteiger partial charge in [0.25, 0.3) is 0 Å². The minimum Gasteiger partial charge on any atom is -0.0899 e. The molecule has 6 nitrogen and oxygen atoms in total. The van der Waals surface area contributed by atoms with Gasteiger partial charge in [0.05, 0.1) is 5.54 Å². The molecule has 15 heavy (non-hydrogen) atoms. The monoisotopic (exact) mass is 206 g/mol. The zero-order valence-electron chi connectivity index (χ0n) is 9.12. The van der Waals surface area contributed by atoms with Crippen LogP contribution in [0.25, 0.3) is 20.9 Å². The summed E-state index contributed by atoms with van der Waals surface area (Å²) in [6.07, 6.45) is 0.844. The lowest BCUT2D eigenvalue weighted by Crippen LogP contribution is -2.36. The average molecular weight is 206 g/mol. The predicted octanol–water partition coefficient (Wildman–Crippen LogP) is 3.41. The summed E-state index contributed by atoms with van der Waals surface area (Å²) in [4.78, 5) is 5.75. The SMILES string of the molecule is CC1(C)C2CC(N=[N+]=[N-])C(C)(N=[N+]=[N-])C21. The standard InChI is InChI=1S/C9H14N6/c1-8(2)5-4-6(12-14-10)9(3,7(5)8)13-15-11/h5-7H,4H2,1-3H3. The smallest absolute Gasteiger partial charge is 0.0580 e. The van der Waals surface area contributed by atoms with Crippen LogP contribution in [0.5, 0.6) is 0 Å². The van der Waals surface area contributed by atoms with Crippen molar-refractivity contribution in [3.63, 3.8) is 0 Å². The van der Waals surface area contributed by atoms with Crippen LogP contribution >= 0.6 is 0 Å². The van der Waals surface area contributed by atoms with Gasteiger partial charge >= 0.3 is 0 Å². The Bertz CT molecular complexity index is 389. The third kappa shape index (κ3) is 1.12. The Morgan fingerprint density at radius 3 is 2.40 bits per heavy atom. The first-order chi connectivity index (χ1) is 6.98. The van der Waals surface area contributed by atoms with Gasteiger partial charge in [0, 0.05) is 15.9 Å². The fourth-order valence-electron chi connectivity index (χ4n) is 3.48. The molecule has 0 bridgehead atoms. The Labute approximate surface area is 87.9 Å². The van der Waals surface area contributed by atoms with Crippen molar-refractivity contribution in [2.24, 2.45) is 27.5 Å². The molecule has 2 aliphatic rings. The van der Waals surface area contributed by atoms with Gasteiger partial charge in [0.2, 0.25) is 0 Å². The molecule has 6 heteroatoms. The highest BCUT2D eigenvalue weighted by molar-refractivity contribution is 5.25. The molecule has 0 aromatic heterocycles. The summed E-state index contributed by atoms with van der Waals surface area (Å²) in [6.45, 7) is 6.27. The quantitative estimate of drug-likeness (QED) is 0.376. The molecule has 0 aromatic carbocycles. The molecule has 2 saturated carbocycles. The number of hydrogen-bond donors (Lipinski definition) is 0. The van der Waals surface area contributed by atoms with Crippen molar-refractivity contribution in [2.45, 2.75) is 38.8 Å². The van der Waals surface area contributed by atoms with Gasteiger partial charge in [-0.05, 0) is 34.7 Å². The van der Waals surface area contributed by atoms with Gasteiger partial charge in [0.15, 0.2) is 0 Å². The number of nitrogens with zero attached hydrogens (tertiary/aromatic N) is 6. The molecule has 0 N–H and O–H groups in total. The first kappa shape index (κ1) is 10.1. The van der Waals surface area contributed by atoms with Crippen molar-refractivity contribution in [1.82, 2.24) is 0 Å². The number of hydrogen-bond acceptors (Lipinski definition) is 2. The summed E-state index contributed by atoms with van der Waals surface area (Å²) in [5.41, 5.74) is 16.8. The Morgan fingerprint density at radius 2 is 1.87 bits per heavy atom. The molecule has 0 amide bonds. The van der Waals surface area contributed by atoms with Gasteiger partial charge < -0.3 is 0 Å². The normalized spacial score (nSPS) is 44.9. The zero-order chi connectivity index (χ0) is 11.3. The van der Waals surface area contributed by atoms with Gasteiger partial charge in [-0.3, -0.25) is 0 Å². The van der Waals surface area contributed by atoms with Crippen LogP contribution in [0, 0.1) is 17.3 Å². The molecular weight excluding hydrogens is 192 g/mol. The minimum absolute atomic E-state index is 0.179. The predicted molar refractivity (Wildman–Crippen MR) is 55.9 cm³/mol. The zero-order valence-corrected chi connectivity index (χ0v) is 9.12. The second-order valence-electron chi connectivity index (χ2n) is 5.28. The second kappa shape index (κ2) is 2.81. The molecule has 0 aliphatic heterocycles. The Morgan fingerprint density at radius 1 is 1.20 bits per heavy atom. The maximum absolute atomic E-state index is 8.61. The topological polar surface area (TPSA) is 97.5 Å². The first-order valence-corrected chi connectivity index (χ1v) is 5.09. The van der Waals surface area contributed by atoms with Crippen LogP contribution in [0.3, 0.4) is 0 Å². The van der Waals surface area contributed by atoms with Gasteiger partial charge in [-0.25, -0.2) is 0 Å². The van der Waals surface area contributed by atoms with E-state index in [2.05, 4.69) is 33.9 Å². The van der Waals surface area contributed by atoms with Crippen molar-refractivity contribution in [3.05, 3.63) is 20.9 Å². The second-order valence-corrected chi connectivity index (χ2v) is 5.28. The largest absolute Gasteiger partial charge is 0.0899 e. The lowest BCUT2D eigenvalue weighted by atomic mass is 9.84. The van der Waals surface area contributed by atoms with Crippen LogP contribution in [0.1, 0.15) is 27.2 Å². The summed E-state index contributed by atoms with van der Waals surface area (Å²) in [5, 5.41) is 7.65. The van der Waals surface area contributed by atoms with Crippen LogP contribution < -0.4 is 0 Å². The highest BCUT2D eigenvalue weighted by atomic mass is 15.3. The molecule has 2 rings (SSSR count). The van der Waals surface area contributed by atoms with E-state index in [4.69, 9.17) is 11.1 Å². The van der Waals surface area contributed by atoms with Crippen LogP contribution in [-0.4, -0.2) is 11.6 Å². The number of rotatable bonds is 2. The molecule has 0 aromatic rings. The molecule has 80 valence electrons. The third-order valence-corrected chi connectivity index (χ3v) is 4.28. The molecule has 4 atom stereocenters. The van der Waals surface area contributed by atoms with Crippen molar-refractivity contribution >= 4 is 0 Å². The van der Waals surface area contributed by atoms with E-state index in [1.54, 1.807) is 0 Å². The van der Waals surface area contributed by atoms with Crippen molar-refractivity contribution in [3.8, 4) is 0 Å². The van der Waals surface area contributed by atoms with Crippen molar-refractivity contribution in [1.29, 1.82) is 0 Å². The molecule has 0 saturated heterocycles. The fourth-order valence-corrected chi connectivity index (χ4v) is 3.48. The van der Waals surface area contributed by atoms with E-state index in [9.17, 15) is 0 Å². The van der Waals surface area contributed by atoms with Gasteiger partial charge in [-0.15, -0.1) is 0 Å². The highest BCUT2D eigenvalue weighted by Gasteiger charge is 2.71. The lowest BCUT2D eigenvalue weighted by molar-refractivity contribution is 0.297. The maximum Gasteiger partial charge on any atom is 0.0580 e. The Kier molecular flexibility index (Phi) is 1.90. The number of fused-ring (bicyclic) bond motifs is 1. The van der Waals surface area contributed by atoms with Crippen molar-refractivity contribution < 1.29 is 0 Å². The molecule has 0 radical (unpaired) electrons. The molecule has 4 unspecified atom stereocenters. The van der Waals surface area contributed by atoms with E-state index >= 15 is 0 Å². The van der Waals surface area contributed by atoms with Crippen LogP contribution in [0.15, 0.2) is 10.2 Å². The molecule has 2 aliphatic carbocycles. The van der Waals surface area contributed by atoms with E-state index in [-0.39, 0.29) is 11.5 Å². The van der Waals surface area contributed by atoms with E-state index in [0.29, 0.717) is 11.8 Å². The summed E-state index contributed by atoms with van der Waals surface area (Å²) in [7, 11) is 0. The van der Waals surface area contributed by atoms with E-state index in [1.807, 2.05) is 6.92 Å². The van der Waals surface area contributed by atoms with Crippen LogP contribution in [-0.2, 0) is 0 Å². The summed E-state index contributed by atoms with van der Waals surface area (Å²) >= 11 is 0. The summed E-state index contributed by atoms with van der Waals surface area (Å²) in [6, 6.07) is -0.179. The molecule has 2 fully saturated rings. The van der Waals surface area contributed by atoms with E-state index in [0.717, 1.165) is 6.42 Å². The van der Waals surface area contributed by atoms with E-state index < -0.39 is 5.54 Å². The van der Waals surface area contributed by atoms with Crippen LogP contribution in [0.2, 0.25) is 0 Å². The minimum atomic E-state index is -0.533. The van der Waals surface area contributed by atoms with Crippen molar-refractivity contribution in [2.75, 3.05) is 0 Å². The molecule has 0 heterocycles. The average Bonchev–Trinajstić information content (AvgIpc) is 2.52. The number of azide groups is 2. The van der Waals surface area contributed by atoms with Gasteiger partial charge in [-0.2, -0.15) is 0 Å². The summed E-state index contributed by atoms with van der Waals surface area (Å²) < 4.78 is 0. The third-order valence-electron chi connectivity index (χ3n) is 4.28. The van der Waals surface area contributed by atoms with Gasteiger partial charge in [0.1, 0.15) is 0 Å². The van der Waals surface area contributed by atoms with Gasteiger partial charge in [-0.1, -0.05) is 31.0 Å².